The smallest absolute Gasteiger partial charge is 0.306 e. The molecule has 0 bridgehead atoms. The lowest BCUT2D eigenvalue weighted by Crippen LogP contribution is -2.59. The molecule has 0 aromatic rings. The number of carbonyl (C=O) groups excluding carboxylic acids is 5. The fourth-order valence-corrected chi connectivity index (χ4v) is 4.83. The summed E-state index contributed by atoms with van der Waals surface area (Å²) < 4.78 is 0. The van der Waals surface area contributed by atoms with E-state index in [4.69, 9.17) is 5.11 Å². The van der Waals surface area contributed by atoms with Crippen molar-refractivity contribution < 1.29 is 44.1 Å². The van der Waals surface area contributed by atoms with Gasteiger partial charge < -0.3 is 41.9 Å². The fraction of sp³-hybridized carbons (Fsp3) is 0.812. The van der Waals surface area contributed by atoms with Crippen LogP contribution in [-0.4, -0.2) is 93.2 Å². The molecule has 0 rings (SSSR count). The number of carbonyl (C=O) groups is 6. The Bertz CT molecular complexity index is 1020. The molecule has 0 unspecified atom stereocenters. The van der Waals surface area contributed by atoms with Gasteiger partial charge in [0.05, 0.1) is 37.1 Å². The van der Waals surface area contributed by atoms with Gasteiger partial charge in [0.1, 0.15) is 18.1 Å². The normalized spacial score (nSPS) is 16.2. The third kappa shape index (κ3) is 16.3. The van der Waals surface area contributed by atoms with E-state index in [0.717, 1.165) is 0 Å². The maximum atomic E-state index is 13.4. The van der Waals surface area contributed by atoms with Crippen LogP contribution in [0.2, 0.25) is 0 Å². The third-order valence-corrected chi connectivity index (χ3v) is 7.42. The number of rotatable bonds is 21. The number of carboxylic acid groups (broad SMARTS) is 1. The van der Waals surface area contributed by atoms with E-state index in [0.29, 0.717) is 12.8 Å². The van der Waals surface area contributed by atoms with E-state index in [-0.39, 0.29) is 36.0 Å². The van der Waals surface area contributed by atoms with Crippen LogP contribution in [0.4, 0.5) is 0 Å². The standard InChI is InChI=1S/C32H59N5O9/c1-11-25(40)36-28(18(6)7)32(46)37-29(19(8)9)31(45)35-21(12-16(2)3)23(38)14-26(41)33-20(10)30(44)34-22(13-17(4)5)24(39)15-27(42)43/h16-24,28-29,38-39H,11-15H2,1-10H3,(H,33,41)(H,34,44)(H,35,45)(H,36,40)(H,37,46)(H,42,43)/t20-,21-,22-,23+,24+,28-,29-/m0/s1. The molecule has 7 atom stereocenters. The zero-order valence-corrected chi connectivity index (χ0v) is 29.2. The van der Waals surface area contributed by atoms with Gasteiger partial charge in [-0.05, 0) is 43.4 Å². The van der Waals surface area contributed by atoms with Crippen molar-refractivity contribution in [2.24, 2.45) is 23.7 Å². The first-order chi connectivity index (χ1) is 21.2. The van der Waals surface area contributed by atoms with Gasteiger partial charge in [-0.15, -0.1) is 0 Å². The molecule has 266 valence electrons. The third-order valence-electron chi connectivity index (χ3n) is 7.42. The predicted octanol–water partition coefficient (Wildman–Crippen LogP) is 0.831. The summed E-state index contributed by atoms with van der Waals surface area (Å²) in [6, 6.07) is -4.59. The summed E-state index contributed by atoms with van der Waals surface area (Å²) in [4.78, 5) is 75.2. The van der Waals surface area contributed by atoms with Crippen LogP contribution >= 0.6 is 0 Å². The van der Waals surface area contributed by atoms with E-state index in [9.17, 15) is 39.0 Å². The highest BCUT2D eigenvalue weighted by atomic mass is 16.4. The first kappa shape index (κ1) is 42.7. The number of aliphatic carboxylic acids is 1. The summed E-state index contributed by atoms with van der Waals surface area (Å²) in [5.74, 6) is -4.38. The van der Waals surface area contributed by atoms with Crippen LogP contribution in [0.3, 0.4) is 0 Å². The molecule has 0 aromatic heterocycles. The molecular formula is C32H59N5O9. The highest BCUT2D eigenvalue weighted by molar-refractivity contribution is 5.92. The molecule has 0 aliphatic carbocycles. The van der Waals surface area contributed by atoms with Gasteiger partial charge in [0.2, 0.25) is 29.5 Å². The Morgan fingerprint density at radius 1 is 0.543 bits per heavy atom. The molecule has 0 aromatic carbocycles. The molecule has 46 heavy (non-hydrogen) atoms. The minimum atomic E-state index is -1.33. The van der Waals surface area contributed by atoms with E-state index in [1.165, 1.54) is 6.92 Å². The quantitative estimate of drug-likeness (QED) is 0.0874. The maximum Gasteiger partial charge on any atom is 0.306 e. The second-order valence-corrected chi connectivity index (χ2v) is 13.6. The lowest BCUT2D eigenvalue weighted by Gasteiger charge is -2.31. The van der Waals surface area contributed by atoms with Crippen molar-refractivity contribution in [2.45, 2.75) is 144 Å². The number of aliphatic hydroxyl groups excluding tert-OH is 2. The summed E-state index contributed by atoms with van der Waals surface area (Å²) in [6.45, 7) is 17.6. The van der Waals surface area contributed by atoms with Crippen LogP contribution in [0.15, 0.2) is 0 Å². The van der Waals surface area contributed by atoms with Gasteiger partial charge in [-0.25, -0.2) is 0 Å². The molecule has 0 heterocycles. The molecule has 0 spiro atoms. The second-order valence-electron chi connectivity index (χ2n) is 13.6. The molecule has 0 aliphatic rings. The van der Waals surface area contributed by atoms with Crippen LogP contribution in [0.1, 0.15) is 101 Å². The maximum absolute atomic E-state index is 13.4. The Labute approximate surface area is 273 Å². The summed E-state index contributed by atoms with van der Waals surface area (Å²) in [7, 11) is 0. The van der Waals surface area contributed by atoms with E-state index in [1.54, 1.807) is 34.6 Å². The van der Waals surface area contributed by atoms with Crippen LogP contribution in [0.5, 0.6) is 0 Å². The highest BCUT2D eigenvalue weighted by Gasteiger charge is 2.33. The van der Waals surface area contributed by atoms with E-state index >= 15 is 0 Å². The Hall–Kier alpha value is -3.26. The molecule has 5 amide bonds. The predicted molar refractivity (Wildman–Crippen MR) is 173 cm³/mol. The summed E-state index contributed by atoms with van der Waals surface area (Å²) in [5.41, 5.74) is 0. The second kappa shape index (κ2) is 20.8. The van der Waals surface area contributed by atoms with Crippen molar-refractivity contribution in [2.75, 3.05) is 0 Å². The Morgan fingerprint density at radius 3 is 1.37 bits per heavy atom. The van der Waals surface area contributed by atoms with Gasteiger partial charge in [-0.1, -0.05) is 62.3 Å². The molecule has 0 radical (unpaired) electrons. The van der Waals surface area contributed by atoms with Crippen molar-refractivity contribution in [3.05, 3.63) is 0 Å². The Balaban J connectivity index is 5.57. The largest absolute Gasteiger partial charge is 0.481 e. The van der Waals surface area contributed by atoms with Gasteiger partial charge >= 0.3 is 5.97 Å². The van der Waals surface area contributed by atoms with Gasteiger partial charge in [0.15, 0.2) is 0 Å². The zero-order chi connectivity index (χ0) is 35.9. The van der Waals surface area contributed by atoms with Crippen molar-refractivity contribution in [1.82, 2.24) is 26.6 Å². The first-order valence-electron chi connectivity index (χ1n) is 16.3. The Kier molecular flexibility index (Phi) is 19.3. The summed E-state index contributed by atoms with van der Waals surface area (Å²) >= 11 is 0. The molecule has 0 fully saturated rings. The van der Waals surface area contributed by atoms with Crippen molar-refractivity contribution in [1.29, 1.82) is 0 Å². The van der Waals surface area contributed by atoms with Crippen LogP contribution in [0.25, 0.3) is 0 Å². The molecule has 14 heteroatoms. The number of nitrogens with one attached hydrogen (secondary N) is 5. The molecule has 0 saturated carbocycles. The topological polar surface area (TPSA) is 223 Å². The number of hydrogen-bond acceptors (Lipinski definition) is 8. The molecule has 14 nitrogen and oxygen atoms in total. The lowest BCUT2D eigenvalue weighted by molar-refractivity contribution is -0.140. The van der Waals surface area contributed by atoms with Crippen molar-refractivity contribution >= 4 is 35.5 Å². The van der Waals surface area contributed by atoms with Gasteiger partial charge in [0.25, 0.3) is 0 Å². The number of hydrogen-bond donors (Lipinski definition) is 8. The van der Waals surface area contributed by atoms with Gasteiger partial charge in [-0.3, -0.25) is 28.8 Å². The first-order valence-corrected chi connectivity index (χ1v) is 16.3. The Morgan fingerprint density at radius 2 is 0.957 bits per heavy atom. The number of aliphatic hydroxyl groups is 2. The van der Waals surface area contributed by atoms with Gasteiger partial charge in [0, 0.05) is 6.42 Å². The van der Waals surface area contributed by atoms with Crippen LogP contribution in [0, 0.1) is 23.7 Å². The average Bonchev–Trinajstić information content (AvgIpc) is 2.91. The van der Waals surface area contributed by atoms with Crippen LogP contribution < -0.4 is 26.6 Å². The fourth-order valence-electron chi connectivity index (χ4n) is 4.83. The van der Waals surface area contributed by atoms with E-state index < -0.39 is 84.9 Å². The summed E-state index contributed by atoms with van der Waals surface area (Å²) in [6.07, 6.45) is -2.81. The monoisotopic (exact) mass is 657 g/mol. The molecule has 8 N–H and O–H groups in total. The molecule has 0 aliphatic heterocycles. The number of carboxylic acids is 1. The molecular weight excluding hydrogens is 598 g/mol. The zero-order valence-electron chi connectivity index (χ0n) is 29.2. The van der Waals surface area contributed by atoms with Crippen molar-refractivity contribution in [3.8, 4) is 0 Å². The number of amides is 5. The van der Waals surface area contributed by atoms with Crippen LogP contribution in [-0.2, 0) is 28.8 Å². The lowest BCUT2D eigenvalue weighted by atomic mass is 9.95. The van der Waals surface area contributed by atoms with Crippen molar-refractivity contribution in [3.63, 3.8) is 0 Å². The average molecular weight is 658 g/mol. The minimum absolute atomic E-state index is 0.0181. The minimum Gasteiger partial charge on any atom is -0.481 e. The van der Waals surface area contributed by atoms with E-state index in [1.807, 2.05) is 27.7 Å². The molecule has 0 saturated heterocycles. The highest BCUT2D eigenvalue weighted by Crippen LogP contribution is 2.15. The SMILES string of the molecule is CCC(=O)N[C@H](C(=O)N[C@H](C(=O)N[C@@H](CC(C)C)[C@H](O)CC(=O)N[C@@H](C)C(=O)N[C@@H](CC(C)C)[C@H](O)CC(=O)O)C(C)C)C(C)C. The van der Waals surface area contributed by atoms with E-state index in [2.05, 4.69) is 26.6 Å². The summed E-state index contributed by atoms with van der Waals surface area (Å²) in [5, 5.41) is 43.6. The van der Waals surface area contributed by atoms with Gasteiger partial charge in [-0.2, -0.15) is 0 Å².